The second-order valence-electron chi connectivity index (χ2n) is 6.59. The maximum absolute atomic E-state index is 13.1. The molecule has 1 aromatic carbocycles. The number of nitrogens with zero attached hydrogens (tertiary/aromatic N) is 4. The fourth-order valence-electron chi connectivity index (χ4n) is 3.48. The molecule has 4 rings (SSSR count). The number of hydrogen-bond acceptors (Lipinski definition) is 4. The molecule has 1 atom stereocenters. The molecule has 2 fully saturated rings. The molecular formula is C19H22N4O. The maximum Gasteiger partial charge on any atom is 0.230 e. The molecule has 1 amide bonds. The van der Waals surface area contributed by atoms with Crippen LogP contribution in [-0.4, -0.2) is 47.0 Å². The van der Waals surface area contributed by atoms with E-state index in [4.69, 9.17) is 0 Å². The lowest BCUT2D eigenvalue weighted by atomic mass is 9.92. The quantitative estimate of drug-likeness (QED) is 0.867. The molecule has 0 radical (unpaired) electrons. The molecule has 0 bridgehead atoms. The van der Waals surface area contributed by atoms with E-state index in [1.807, 2.05) is 29.2 Å². The predicted molar refractivity (Wildman–Crippen MR) is 92.7 cm³/mol. The number of anilines is 1. The molecule has 2 aliphatic rings. The van der Waals surface area contributed by atoms with Gasteiger partial charge in [-0.2, -0.15) is 0 Å². The second-order valence-corrected chi connectivity index (χ2v) is 6.59. The summed E-state index contributed by atoms with van der Waals surface area (Å²) in [5.41, 5.74) is 1.17. The smallest absolute Gasteiger partial charge is 0.230 e. The van der Waals surface area contributed by atoms with Crippen LogP contribution in [0.4, 0.5) is 5.95 Å². The van der Waals surface area contributed by atoms with E-state index >= 15 is 0 Å². The lowest BCUT2D eigenvalue weighted by molar-refractivity contribution is -0.133. The summed E-state index contributed by atoms with van der Waals surface area (Å²) in [5.74, 6) is 1.60. The van der Waals surface area contributed by atoms with Crippen LogP contribution in [0.5, 0.6) is 0 Å². The molecule has 124 valence electrons. The first-order valence-electron chi connectivity index (χ1n) is 8.68. The summed E-state index contributed by atoms with van der Waals surface area (Å²) < 4.78 is 0. The first-order valence-corrected chi connectivity index (χ1v) is 8.68. The Balaban J connectivity index is 1.44. The van der Waals surface area contributed by atoms with Gasteiger partial charge in [0.1, 0.15) is 0 Å². The van der Waals surface area contributed by atoms with Crippen molar-refractivity contribution < 1.29 is 4.79 Å². The largest absolute Gasteiger partial charge is 0.339 e. The fraction of sp³-hybridized carbons (Fsp3) is 0.421. The Labute approximate surface area is 142 Å². The Morgan fingerprint density at radius 2 is 1.62 bits per heavy atom. The van der Waals surface area contributed by atoms with Gasteiger partial charge in [-0.05, 0) is 30.4 Å². The van der Waals surface area contributed by atoms with Gasteiger partial charge in [0.25, 0.3) is 0 Å². The van der Waals surface area contributed by atoms with Crippen molar-refractivity contribution in [3.63, 3.8) is 0 Å². The molecule has 2 aromatic rings. The Hall–Kier alpha value is -2.43. The highest BCUT2D eigenvalue weighted by Gasteiger charge is 2.39. The fourth-order valence-corrected chi connectivity index (χ4v) is 3.48. The SMILES string of the molecule is O=C(C(c1ccccc1)C1CC1)N1CCN(c2ncccn2)CC1. The Kier molecular flexibility index (Phi) is 4.15. The minimum Gasteiger partial charge on any atom is -0.339 e. The molecule has 1 aromatic heterocycles. The molecule has 1 unspecified atom stereocenters. The van der Waals surface area contributed by atoms with Gasteiger partial charge in [0, 0.05) is 38.6 Å². The van der Waals surface area contributed by atoms with Crippen molar-refractivity contribution in [2.75, 3.05) is 31.1 Å². The van der Waals surface area contributed by atoms with E-state index < -0.39 is 0 Å². The van der Waals surface area contributed by atoms with E-state index in [2.05, 4.69) is 27.0 Å². The highest BCUT2D eigenvalue weighted by atomic mass is 16.2. The van der Waals surface area contributed by atoms with Gasteiger partial charge in [-0.3, -0.25) is 4.79 Å². The third kappa shape index (κ3) is 3.11. The second kappa shape index (κ2) is 6.59. The van der Waals surface area contributed by atoms with Gasteiger partial charge in [0.05, 0.1) is 5.92 Å². The molecule has 5 heteroatoms. The molecule has 2 heterocycles. The number of carbonyl (C=O) groups is 1. The van der Waals surface area contributed by atoms with Crippen LogP contribution in [0.15, 0.2) is 48.8 Å². The predicted octanol–water partition coefficient (Wildman–Crippen LogP) is 2.32. The van der Waals surface area contributed by atoms with Crippen molar-refractivity contribution in [2.45, 2.75) is 18.8 Å². The third-order valence-corrected chi connectivity index (χ3v) is 4.94. The van der Waals surface area contributed by atoms with Gasteiger partial charge >= 0.3 is 0 Å². The Morgan fingerprint density at radius 3 is 2.25 bits per heavy atom. The minimum absolute atomic E-state index is 0.0331. The standard InChI is InChI=1S/C19H22N4O/c24-18(17(16-7-8-16)15-5-2-1-3-6-15)22-11-13-23(14-12-22)19-20-9-4-10-21-19/h1-6,9-10,16-17H,7-8,11-14H2. The lowest BCUT2D eigenvalue weighted by Crippen LogP contribution is -2.50. The number of carbonyl (C=O) groups excluding carboxylic acids is 1. The molecule has 0 spiro atoms. The number of aromatic nitrogens is 2. The van der Waals surface area contributed by atoms with Crippen LogP contribution in [0.1, 0.15) is 24.3 Å². The first kappa shape index (κ1) is 15.1. The van der Waals surface area contributed by atoms with Crippen LogP contribution in [0.3, 0.4) is 0 Å². The normalized spacial score (nSPS) is 19.2. The summed E-state index contributed by atoms with van der Waals surface area (Å²) in [5, 5.41) is 0. The van der Waals surface area contributed by atoms with E-state index in [-0.39, 0.29) is 11.8 Å². The summed E-state index contributed by atoms with van der Waals surface area (Å²) in [6, 6.07) is 12.1. The van der Waals surface area contributed by atoms with Gasteiger partial charge in [-0.25, -0.2) is 9.97 Å². The number of hydrogen-bond donors (Lipinski definition) is 0. The Morgan fingerprint density at radius 1 is 0.958 bits per heavy atom. The number of piperazine rings is 1. The van der Waals surface area contributed by atoms with Crippen LogP contribution in [0.2, 0.25) is 0 Å². The van der Waals surface area contributed by atoms with Crippen LogP contribution < -0.4 is 4.90 Å². The van der Waals surface area contributed by atoms with E-state index in [1.54, 1.807) is 12.4 Å². The van der Waals surface area contributed by atoms with E-state index in [1.165, 1.54) is 18.4 Å². The average molecular weight is 322 g/mol. The van der Waals surface area contributed by atoms with Crippen molar-refractivity contribution >= 4 is 11.9 Å². The number of benzene rings is 1. The van der Waals surface area contributed by atoms with E-state index in [0.717, 1.165) is 32.1 Å². The molecule has 5 nitrogen and oxygen atoms in total. The zero-order valence-electron chi connectivity index (χ0n) is 13.7. The van der Waals surface area contributed by atoms with Crippen LogP contribution in [-0.2, 0) is 4.79 Å². The maximum atomic E-state index is 13.1. The summed E-state index contributed by atoms with van der Waals surface area (Å²) >= 11 is 0. The monoisotopic (exact) mass is 322 g/mol. The molecule has 1 saturated heterocycles. The van der Waals surface area contributed by atoms with Crippen molar-refractivity contribution in [1.82, 2.24) is 14.9 Å². The molecular weight excluding hydrogens is 300 g/mol. The third-order valence-electron chi connectivity index (χ3n) is 4.94. The summed E-state index contributed by atoms with van der Waals surface area (Å²) in [6.45, 7) is 3.07. The zero-order chi connectivity index (χ0) is 16.4. The first-order chi connectivity index (χ1) is 11.8. The topological polar surface area (TPSA) is 49.3 Å². The van der Waals surface area contributed by atoms with Gasteiger partial charge in [0.2, 0.25) is 11.9 Å². The van der Waals surface area contributed by atoms with Gasteiger partial charge in [-0.1, -0.05) is 30.3 Å². The van der Waals surface area contributed by atoms with E-state index in [0.29, 0.717) is 5.92 Å². The molecule has 1 aliphatic heterocycles. The minimum atomic E-state index is 0.0331. The Bertz CT molecular complexity index is 679. The van der Waals surface area contributed by atoms with Crippen molar-refractivity contribution in [3.8, 4) is 0 Å². The van der Waals surface area contributed by atoms with Crippen molar-refractivity contribution in [3.05, 3.63) is 54.4 Å². The molecule has 1 aliphatic carbocycles. The van der Waals surface area contributed by atoms with Gasteiger partial charge in [-0.15, -0.1) is 0 Å². The summed E-state index contributed by atoms with van der Waals surface area (Å²) in [6.07, 6.45) is 5.86. The number of rotatable bonds is 4. The number of amides is 1. The van der Waals surface area contributed by atoms with Gasteiger partial charge < -0.3 is 9.80 Å². The molecule has 0 N–H and O–H groups in total. The van der Waals surface area contributed by atoms with Crippen LogP contribution in [0, 0.1) is 5.92 Å². The van der Waals surface area contributed by atoms with E-state index in [9.17, 15) is 4.79 Å². The van der Waals surface area contributed by atoms with Crippen LogP contribution >= 0.6 is 0 Å². The average Bonchev–Trinajstić information content (AvgIpc) is 3.49. The lowest BCUT2D eigenvalue weighted by Gasteiger charge is -2.36. The molecule has 1 saturated carbocycles. The summed E-state index contributed by atoms with van der Waals surface area (Å²) in [7, 11) is 0. The van der Waals surface area contributed by atoms with Crippen molar-refractivity contribution in [2.24, 2.45) is 5.92 Å². The van der Waals surface area contributed by atoms with Gasteiger partial charge in [0.15, 0.2) is 0 Å². The summed E-state index contributed by atoms with van der Waals surface area (Å²) in [4.78, 5) is 25.9. The zero-order valence-corrected chi connectivity index (χ0v) is 13.7. The van der Waals surface area contributed by atoms with Crippen LogP contribution in [0.25, 0.3) is 0 Å². The highest BCUT2D eigenvalue weighted by molar-refractivity contribution is 5.84. The highest BCUT2D eigenvalue weighted by Crippen LogP contribution is 2.43. The molecule has 24 heavy (non-hydrogen) atoms. The van der Waals surface area contributed by atoms with Crippen molar-refractivity contribution in [1.29, 1.82) is 0 Å².